The third-order valence-electron chi connectivity index (χ3n) is 14.7. The van der Waals surface area contributed by atoms with Gasteiger partial charge in [-0.2, -0.15) is 10.2 Å². The molecule has 0 spiro atoms. The number of piperidine rings is 2. The quantitative estimate of drug-likeness (QED) is 0.149. The van der Waals surface area contributed by atoms with Crippen molar-refractivity contribution in [1.29, 1.82) is 0 Å². The molecular formula is C46H51F2N11O6. The zero-order valence-electron chi connectivity index (χ0n) is 36.1. The van der Waals surface area contributed by atoms with Crippen LogP contribution in [0.1, 0.15) is 111 Å². The highest BCUT2D eigenvalue weighted by molar-refractivity contribution is 6.08. The van der Waals surface area contributed by atoms with Crippen LogP contribution < -0.4 is 21.2 Å². The minimum atomic E-state index is -2.86. The number of carbonyl (C=O) groups excluding carboxylic acids is 3. The van der Waals surface area contributed by atoms with E-state index in [0.717, 1.165) is 76.7 Å². The summed E-state index contributed by atoms with van der Waals surface area (Å²) in [6.45, 7) is 2.64. The van der Waals surface area contributed by atoms with Gasteiger partial charge in [-0.3, -0.25) is 38.4 Å². The second-order valence-electron chi connectivity index (χ2n) is 18.6. The number of alkyl halides is 2. The standard InChI is InChI=1S/C46H51F2N11O6/c1-54-41-27(4-2-6-36(41)59(46(54)63)37-13-14-39(60)52-45(37)62)5-3-17-64-32-18-29-11-12-30(19-32)55(29)22-26-7-9-28(10-8-26)58-24-35(40(53-58)42(47)48)50-44(61)34-21-49-57-16-15-38(51-43(34)57)56-23-33-20-31(56)25-65-33/h2,4,6,15-16,21,24,26,28-33,37,42H,7-14,17-20,22-23,25H2,1H3,(H,50,61)(H,52,60,62)/t26-,28-,29-,30+,31-,32?,33-,37?/m1/s1. The van der Waals surface area contributed by atoms with Crippen molar-refractivity contribution in [3.8, 4) is 11.8 Å². The summed E-state index contributed by atoms with van der Waals surface area (Å²) in [5.74, 6) is 6.22. The number of hydrogen-bond acceptors (Lipinski definition) is 11. The number of aryl methyl sites for hydroxylation is 1. The van der Waals surface area contributed by atoms with Gasteiger partial charge in [0.15, 0.2) is 11.3 Å². The molecule has 5 aromatic rings. The lowest BCUT2D eigenvalue weighted by Crippen LogP contribution is -2.47. The Morgan fingerprint density at radius 3 is 2.55 bits per heavy atom. The average Bonchev–Trinajstić information content (AvgIpc) is 4.17. The summed E-state index contributed by atoms with van der Waals surface area (Å²) in [5.41, 5.74) is 1.67. The summed E-state index contributed by atoms with van der Waals surface area (Å²) >= 11 is 0. The van der Waals surface area contributed by atoms with Crippen LogP contribution in [-0.2, 0) is 26.1 Å². The summed E-state index contributed by atoms with van der Waals surface area (Å²) in [4.78, 5) is 60.9. The topological polar surface area (TPSA) is 175 Å². The highest BCUT2D eigenvalue weighted by atomic mass is 19.3. The predicted octanol–water partition coefficient (Wildman–Crippen LogP) is 4.52. The minimum absolute atomic E-state index is 0.00434. The number of anilines is 2. The van der Waals surface area contributed by atoms with Gasteiger partial charge in [-0.1, -0.05) is 17.9 Å². The third-order valence-corrected chi connectivity index (χ3v) is 14.7. The summed E-state index contributed by atoms with van der Waals surface area (Å²) in [6, 6.07) is 7.64. The molecular weight excluding hydrogens is 841 g/mol. The van der Waals surface area contributed by atoms with Gasteiger partial charge in [0.25, 0.3) is 12.3 Å². The number of nitrogens with one attached hydrogen (secondary N) is 2. The zero-order valence-corrected chi connectivity index (χ0v) is 36.1. The summed E-state index contributed by atoms with van der Waals surface area (Å²) in [5, 5.41) is 13.7. The molecule has 9 heterocycles. The van der Waals surface area contributed by atoms with Gasteiger partial charge in [0.05, 0.1) is 59.4 Å². The molecule has 11 rings (SSSR count). The Balaban J connectivity index is 0.683. The number of halogens is 2. The molecule has 2 unspecified atom stereocenters. The third kappa shape index (κ3) is 7.68. The number of fused-ring (bicyclic) bond motifs is 6. The van der Waals surface area contributed by atoms with Crippen LogP contribution in [0.4, 0.5) is 20.3 Å². The number of amides is 3. The van der Waals surface area contributed by atoms with Crippen molar-refractivity contribution in [2.24, 2.45) is 13.0 Å². The van der Waals surface area contributed by atoms with E-state index in [1.54, 1.807) is 30.2 Å². The van der Waals surface area contributed by atoms with E-state index < -0.39 is 30.0 Å². The van der Waals surface area contributed by atoms with Gasteiger partial charge >= 0.3 is 5.69 Å². The van der Waals surface area contributed by atoms with E-state index in [-0.39, 0.29) is 66.6 Å². The van der Waals surface area contributed by atoms with E-state index in [1.807, 2.05) is 18.2 Å². The predicted molar refractivity (Wildman–Crippen MR) is 233 cm³/mol. The van der Waals surface area contributed by atoms with Crippen LogP contribution in [0.15, 0.2) is 47.7 Å². The molecule has 17 nitrogen and oxygen atoms in total. The van der Waals surface area contributed by atoms with Crippen molar-refractivity contribution in [3.05, 3.63) is 70.2 Å². The molecule has 6 aliphatic rings. The second-order valence-corrected chi connectivity index (χ2v) is 18.6. The number of imidazole rings is 1. The van der Waals surface area contributed by atoms with Gasteiger partial charge in [-0.15, -0.1) is 0 Å². The van der Waals surface area contributed by atoms with Crippen LogP contribution in [0.3, 0.4) is 0 Å². The largest absolute Gasteiger partial charge is 0.374 e. The molecule has 1 saturated carbocycles. The van der Waals surface area contributed by atoms with E-state index in [4.69, 9.17) is 14.5 Å². The molecule has 4 aromatic heterocycles. The van der Waals surface area contributed by atoms with Crippen molar-refractivity contribution in [1.82, 2.24) is 43.7 Å². The Labute approximate surface area is 372 Å². The number of benzene rings is 1. The molecule has 6 fully saturated rings. The normalized spacial score (nSPS) is 27.8. The monoisotopic (exact) mass is 891 g/mol. The van der Waals surface area contributed by atoms with Gasteiger partial charge in [-0.05, 0) is 88.3 Å². The number of aromatic nitrogens is 7. The van der Waals surface area contributed by atoms with Crippen molar-refractivity contribution in [2.45, 2.75) is 119 Å². The molecule has 19 heteroatoms. The zero-order chi connectivity index (χ0) is 44.5. The maximum absolute atomic E-state index is 14.4. The van der Waals surface area contributed by atoms with Gasteiger partial charge in [-0.25, -0.2) is 23.1 Å². The lowest BCUT2D eigenvalue weighted by atomic mass is 9.85. The highest BCUT2D eigenvalue weighted by Gasteiger charge is 2.43. The number of carbonyl (C=O) groups is 3. The first-order chi connectivity index (χ1) is 31.6. The second kappa shape index (κ2) is 16.8. The number of ether oxygens (including phenoxy) is 2. The first-order valence-electron chi connectivity index (χ1n) is 22.9. The maximum atomic E-state index is 14.4. The van der Waals surface area contributed by atoms with Crippen LogP contribution in [0.25, 0.3) is 16.7 Å². The first-order valence-corrected chi connectivity index (χ1v) is 22.9. The van der Waals surface area contributed by atoms with Gasteiger partial charge in [0, 0.05) is 51.0 Å². The van der Waals surface area contributed by atoms with Gasteiger partial charge < -0.3 is 19.7 Å². The number of morpholine rings is 1. The fourth-order valence-corrected chi connectivity index (χ4v) is 11.5. The lowest BCUT2D eigenvalue weighted by molar-refractivity contribution is -0.135. The minimum Gasteiger partial charge on any atom is -0.374 e. The molecule has 4 bridgehead atoms. The van der Waals surface area contributed by atoms with Crippen molar-refractivity contribution < 1.29 is 32.6 Å². The molecule has 1 aromatic carbocycles. The van der Waals surface area contributed by atoms with Crippen molar-refractivity contribution in [2.75, 3.05) is 36.5 Å². The molecule has 0 radical (unpaired) electrons. The first kappa shape index (κ1) is 41.7. The van der Waals surface area contributed by atoms with Crippen LogP contribution in [0.2, 0.25) is 0 Å². The molecule has 65 heavy (non-hydrogen) atoms. The van der Waals surface area contributed by atoms with E-state index in [2.05, 4.69) is 42.5 Å². The fourth-order valence-electron chi connectivity index (χ4n) is 11.5. The maximum Gasteiger partial charge on any atom is 0.329 e. The Morgan fingerprint density at radius 1 is 1.02 bits per heavy atom. The van der Waals surface area contributed by atoms with Gasteiger partial charge in [0.2, 0.25) is 11.8 Å². The van der Waals surface area contributed by atoms with Crippen molar-refractivity contribution in [3.63, 3.8) is 0 Å². The molecule has 6 atom stereocenters. The van der Waals surface area contributed by atoms with Crippen molar-refractivity contribution >= 4 is 45.9 Å². The summed E-state index contributed by atoms with van der Waals surface area (Å²) < 4.78 is 46.9. The fraction of sp³-hybridized carbons (Fsp3) is 0.543. The van der Waals surface area contributed by atoms with Crippen LogP contribution in [0, 0.1) is 17.8 Å². The Hall–Kier alpha value is -5.97. The Morgan fingerprint density at radius 2 is 1.82 bits per heavy atom. The van der Waals surface area contributed by atoms with E-state index >= 15 is 0 Å². The summed E-state index contributed by atoms with van der Waals surface area (Å²) in [6.07, 6.45) is 11.2. The number of hydrogen-bond donors (Lipinski definition) is 2. The van der Waals surface area contributed by atoms with Crippen LogP contribution in [-0.4, -0.2) is 113 Å². The molecule has 5 aliphatic heterocycles. The molecule has 2 N–H and O–H groups in total. The molecule has 1 aliphatic carbocycles. The highest BCUT2D eigenvalue weighted by Crippen LogP contribution is 2.41. The SMILES string of the molecule is Cn1c(=O)n(C2CCC(=O)NC2=O)c2cccc(C#CCOC3C[C@H]4CC[C@@H](C3)N4C[C@H]3CC[C@H](n4cc(NC(=O)c5cnn6ccc(N7C[C@H]8C[C@@H]7CO8)nc56)c(C(F)F)n4)CC3)c21. The molecule has 340 valence electrons. The number of para-hydroxylation sites is 1. The van der Waals surface area contributed by atoms with Crippen LogP contribution >= 0.6 is 0 Å². The van der Waals surface area contributed by atoms with E-state index in [0.29, 0.717) is 46.9 Å². The average molecular weight is 892 g/mol. The number of nitrogens with zero attached hydrogens (tertiary/aromatic N) is 9. The molecule has 3 amide bonds. The lowest BCUT2D eigenvalue weighted by Gasteiger charge is -2.41. The van der Waals surface area contributed by atoms with E-state index in [1.165, 1.54) is 19.8 Å². The van der Waals surface area contributed by atoms with Gasteiger partial charge in [0.1, 0.15) is 24.0 Å². The number of rotatable bonds is 10. The molecule has 5 saturated heterocycles. The summed E-state index contributed by atoms with van der Waals surface area (Å²) in [7, 11) is 1.67. The number of imide groups is 1. The Kier molecular flexibility index (Phi) is 10.8. The van der Waals surface area contributed by atoms with E-state index in [9.17, 15) is 28.0 Å². The van der Waals surface area contributed by atoms with Crippen LogP contribution in [0.5, 0.6) is 0 Å². The smallest absolute Gasteiger partial charge is 0.329 e. The Bertz CT molecular complexity index is 2800.